The summed E-state index contributed by atoms with van der Waals surface area (Å²) < 4.78 is 7.41. The summed E-state index contributed by atoms with van der Waals surface area (Å²) in [5, 5.41) is 31.5. The van der Waals surface area contributed by atoms with Gasteiger partial charge in [0.15, 0.2) is 0 Å². The van der Waals surface area contributed by atoms with Crippen molar-refractivity contribution < 1.29 is 24.9 Å². The maximum Gasteiger partial charge on any atom is 0.315 e. The number of aromatic nitrogens is 2. The van der Waals surface area contributed by atoms with Crippen LogP contribution in [0.3, 0.4) is 0 Å². The van der Waals surface area contributed by atoms with Gasteiger partial charge in [0, 0.05) is 24.5 Å². The quantitative estimate of drug-likeness (QED) is 0.296. The van der Waals surface area contributed by atoms with Crippen molar-refractivity contribution in [2.75, 3.05) is 13.2 Å². The van der Waals surface area contributed by atoms with Gasteiger partial charge in [-0.25, -0.2) is 4.98 Å². The zero-order chi connectivity index (χ0) is 24.2. The van der Waals surface area contributed by atoms with Crippen molar-refractivity contribution in [2.24, 2.45) is 11.8 Å². The summed E-state index contributed by atoms with van der Waals surface area (Å²) in [5.41, 5.74) is 0.860. The van der Waals surface area contributed by atoms with E-state index < -0.39 is 11.4 Å². The number of rotatable bonds is 9. The fourth-order valence-corrected chi connectivity index (χ4v) is 4.66. The molecule has 0 radical (unpaired) electrons. The molecule has 1 heterocycles. The number of aryl methyl sites for hydroxylation is 1. The molecule has 1 aliphatic carbocycles. The van der Waals surface area contributed by atoms with Gasteiger partial charge >= 0.3 is 5.97 Å². The summed E-state index contributed by atoms with van der Waals surface area (Å²) in [4.78, 5) is 16.8. The van der Waals surface area contributed by atoms with Crippen LogP contribution in [0, 0.1) is 11.8 Å². The van der Waals surface area contributed by atoms with E-state index in [1.165, 1.54) is 0 Å². The van der Waals surface area contributed by atoms with Gasteiger partial charge in [-0.1, -0.05) is 19.9 Å². The first-order chi connectivity index (χ1) is 15.6. The summed E-state index contributed by atoms with van der Waals surface area (Å²) in [5.74, 6) is 0.00382. The summed E-state index contributed by atoms with van der Waals surface area (Å²) in [7, 11) is 0. The summed E-state index contributed by atoms with van der Waals surface area (Å²) in [6, 6.07) is 3.13. The smallest absolute Gasteiger partial charge is 0.315 e. The largest absolute Gasteiger partial charge is 0.508 e. The minimum atomic E-state index is -1.04. The Bertz CT molecular complexity index is 956. The highest BCUT2D eigenvalue weighted by atomic mass is 16.5. The van der Waals surface area contributed by atoms with Gasteiger partial charge in [-0.3, -0.25) is 4.79 Å². The van der Waals surface area contributed by atoms with Crippen LogP contribution < -0.4 is 0 Å². The number of aliphatic hydroxyl groups is 1. The molecule has 7 nitrogen and oxygen atoms in total. The molecule has 2 aromatic rings. The Kier molecular flexibility index (Phi) is 7.84. The highest BCUT2D eigenvalue weighted by Gasteiger charge is 2.36. The van der Waals surface area contributed by atoms with Gasteiger partial charge in [0.2, 0.25) is 0 Å². The molecule has 7 heteroatoms. The van der Waals surface area contributed by atoms with Crippen LogP contribution in [0.2, 0.25) is 0 Å². The monoisotopic (exact) mass is 456 g/mol. The highest BCUT2D eigenvalue weighted by molar-refractivity contribution is 5.82. The van der Waals surface area contributed by atoms with Crippen LogP contribution in [0.25, 0.3) is 0 Å². The van der Waals surface area contributed by atoms with Crippen molar-refractivity contribution >= 4 is 5.97 Å². The minimum Gasteiger partial charge on any atom is -0.508 e. The van der Waals surface area contributed by atoms with Crippen LogP contribution in [0.1, 0.15) is 64.0 Å². The fourth-order valence-electron chi connectivity index (χ4n) is 4.66. The van der Waals surface area contributed by atoms with Gasteiger partial charge in [-0.05, 0) is 74.1 Å². The zero-order valence-electron chi connectivity index (χ0n) is 20.0. The second-order valence-electron chi connectivity index (χ2n) is 9.82. The number of benzene rings is 1. The number of allylic oxidation sites excluding steroid dienone is 1. The van der Waals surface area contributed by atoms with Crippen molar-refractivity contribution in [1.82, 2.24) is 9.55 Å². The fraction of sp³-hybridized carbons (Fsp3) is 0.538. The number of aromatic hydroxyl groups is 2. The van der Waals surface area contributed by atoms with Crippen LogP contribution in [-0.4, -0.2) is 44.1 Å². The third kappa shape index (κ3) is 5.58. The molecule has 0 fully saturated rings. The van der Waals surface area contributed by atoms with Gasteiger partial charge in [0.05, 0.1) is 25.0 Å². The van der Waals surface area contributed by atoms with E-state index in [-0.39, 0.29) is 36.5 Å². The van der Waals surface area contributed by atoms with Crippen LogP contribution in [0.15, 0.2) is 42.5 Å². The molecule has 3 rings (SSSR count). The Hall–Kier alpha value is -2.80. The Morgan fingerprint density at radius 2 is 1.97 bits per heavy atom. The molecular formula is C26H36N2O5. The Morgan fingerprint density at radius 3 is 2.55 bits per heavy atom. The van der Waals surface area contributed by atoms with E-state index in [0.29, 0.717) is 36.4 Å². The molecule has 0 amide bonds. The van der Waals surface area contributed by atoms with E-state index >= 15 is 0 Å². The average Bonchev–Trinajstić information content (AvgIpc) is 3.29. The number of hydrogen-bond acceptors (Lipinski definition) is 6. The van der Waals surface area contributed by atoms with Gasteiger partial charge in [-0.15, -0.1) is 0 Å². The first-order valence-electron chi connectivity index (χ1n) is 11.6. The third-order valence-corrected chi connectivity index (χ3v) is 6.83. The van der Waals surface area contributed by atoms with Gasteiger partial charge < -0.3 is 24.6 Å². The van der Waals surface area contributed by atoms with Gasteiger partial charge in [0.25, 0.3) is 0 Å². The summed E-state index contributed by atoms with van der Waals surface area (Å²) in [6.07, 6.45) is 9.37. The highest BCUT2D eigenvalue weighted by Crippen LogP contribution is 2.48. The SMILES string of the molecule is CC(C)[C@@H]1CC=C(CO)C[C@H]1c1c(O)cc(C(C)(C)C(=O)OCCCn2ccnc2)cc1O. The number of carbonyl (C=O) groups is 1. The first kappa shape index (κ1) is 24.8. The topological polar surface area (TPSA) is 105 Å². The molecule has 0 saturated heterocycles. The maximum atomic E-state index is 12.8. The van der Waals surface area contributed by atoms with E-state index in [1.807, 2.05) is 10.8 Å². The number of carbonyl (C=O) groups excluding carboxylic acids is 1. The van der Waals surface area contributed by atoms with Crippen molar-refractivity contribution in [2.45, 2.75) is 64.8 Å². The van der Waals surface area contributed by atoms with Gasteiger partial charge in [0.1, 0.15) is 11.5 Å². The minimum absolute atomic E-state index is 0.0270. The molecule has 1 aliphatic rings. The molecule has 0 bridgehead atoms. The van der Waals surface area contributed by atoms with E-state index in [2.05, 4.69) is 24.9 Å². The van der Waals surface area contributed by atoms with Crippen molar-refractivity contribution in [3.05, 3.63) is 53.6 Å². The molecule has 180 valence electrons. The maximum absolute atomic E-state index is 12.8. The molecule has 0 unspecified atom stereocenters. The predicted octanol–water partition coefficient (Wildman–Crippen LogP) is 4.27. The second-order valence-corrected chi connectivity index (χ2v) is 9.82. The normalized spacial score (nSPS) is 18.9. The molecule has 2 atom stereocenters. The summed E-state index contributed by atoms with van der Waals surface area (Å²) in [6.45, 7) is 8.65. The molecule has 33 heavy (non-hydrogen) atoms. The van der Waals surface area contributed by atoms with Crippen LogP contribution in [-0.2, 0) is 21.5 Å². The number of nitrogens with zero attached hydrogens (tertiary/aromatic N) is 2. The molecule has 1 aromatic carbocycles. The summed E-state index contributed by atoms with van der Waals surface area (Å²) >= 11 is 0. The Labute approximate surface area is 195 Å². The van der Waals surface area contributed by atoms with E-state index in [9.17, 15) is 20.1 Å². The molecule has 1 aromatic heterocycles. The lowest BCUT2D eigenvalue weighted by Gasteiger charge is -2.35. The zero-order valence-corrected chi connectivity index (χ0v) is 20.0. The number of aliphatic hydroxyl groups excluding tert-OH is 1. The lowest BCUT2D eigenvalue weighted by Crippen LogP contribution is -2.31. The van der Waals surface area contributed by atoms with Crippen LogP contribution >= 0.6 is 0 Å². The van der Waals surface area contributed by atoms with Gasteiger partial charge in [-0.2, -0.15) is 0 Å². The number of phenols is 2. The lowest BCUT2D eigenvalue weighted by molar-refractivity contribution is -0.149. The van der Waals surface area contributed by atoms with Crippen molar-refractivity contribution in [3.8, 4) is 11.5 Å². The lowest BCUT2D eigenvalue weighted by atomic mass is 9.70. The van der Waals surface area contributed by atoms with Crippen LogP contribution in [0.4, 0.5) is 0 Å². The Morgan fingerprint density at radius 1 is 1.27 bits per heavy atom. The Balaban J connectivity index is 1.76. The number of esters is 1. The van der Waals surface area contributed by atoms with E-state index in [0.717, 1.165) is 12.0 Å². The van der Waals surface area contributed by atoms with Crippen molar-refractivity contribution in [1.29, 1.82) is 0 Å². The molecule has 0 saturated carbocycles. The van der Waals surface area contributed by atoms with Crippen molar-refractivity contribution in [3.63, 3.8) is 0 Å². The molecular weight excluding hydrogens is 420 g/mol. The first-order valence-corrected chi connectivity index (χ1v) is 11.6. The standard InChI is InChI=1S/C26H36N2O5/c1-17(2)20-7-6-18(15-29)12-21(20)24-22(30)13-19(14-23(24)31)26(3,4)25(32)33-11-5-9-28-10-8-27-16-28/h6,8,10,13-14,16-17,20-21,29-31H,5,7,9,11-12,15H2,1-4H3/t20-,21+/m0/s1. The molecule has 3 N–H and O–H groups in total. The average molecular weight is 457 g/mol. The number of imidazole rings is 1. The molecule has 0 aliphatic heterocycles. The second kappa shape index (κ2) is 10.4. The van der Waals surface area contributed by atoms with E-state index in [4.69, 9.17) is 4.74 Å². The predicted molar refractivity (Wildman–Crippen MR) is 126 cm³/mol. The van der Waals surface area contributed by atoms with E-state index in [1.54, 1.807) is 38.5 Å². The number of hydrogen-bond donors (Lipinski definition) is 3. The number of phenolic OH excluding ortho intramolecular Hbond substituents is 2. The molecule has 0 spiro atoms. The van der Waals surface area contributed by atoms with Crippen LogP contribution in [0.5, 0.6) is 11.5 Å². The number of ether oxygens (including phenoxy) is 1. The third-order valence-electron chi connectivity index (χ3n) is 6.83.